The van der Waals surface area contributed by atoms with Crippen molar-refractivity contribution < 1.29 is 22.0 Å². The van der Waals surface area contributed by atoms with Crippen LogP contribution >= 0.6 is 0 Å². The van der Waals surface area contributed by atoms with Gasteiger partial charge in [0.25, 0.3) is 0 Å². The number of halogens is 2. The van der Waals surface area contributed by atoms with E-state index in [1.165, 1.54) is 6.92 Å². The second-order valence-corrected chi connectivity index (χ2v) is 7.55. The predicted octanol–water partition coefficient (Wildman–Crippen LogP) is 3.07. The molecular formula is C17H18F2N2O3S. The molecule has 0 aliphatic rings. The summed E-state index contributed by atoms with van der Waals surface area (Å²) >= 11 is 0. The number of anilines is 2. The molecule has 0 spiro atoms. The smallest absolute Gasteiger partial charge is 0.247 e. The number of carbonyl (C=O) groups excluding carboxylic acids is 1. The molecule has 1 amide bonds. The molecule has 1 N–H and O–H groups in total. The van der Waals surface area contributed by atoms with Gasteiger partial charge in [-0.1, -0.05) is 17.7 Å². The molecule has 0 heterocycles. The maximum absolute atomic E-state index is 13.5. The van der Waals surface area contributed by atoms with Crippen LogP contribution in [0.3, 0.4) is 0 Å². The monoisotopic (exact) mass is 368 g/mol. The van der Waals surface area contributed by atoms with Crippen molar-refractivity contribution in [2.45, 2.75) is 19.9 Å². The normalized spacial score (nSPS) is 12.5. The van der Waals surface area contributed by atoms with E-state index in [4.69, 9.17) is 0 Å². The Morgan fingerprint density at radius 1 is 1.08 bits per heavy atom. The SMILES string of the molecule is Cc1ccc(NC(=O)C(C)N(c2ccc(F)c(F)c2)S(C)(=O)=O)cc1. The molecule has 5 nitrogen and oxygen atoms in total. The number of nitrogens with zero attached hydrogens (tertiary/aromatic N) is 1. The minimum absolute atomic E-state index is 0.132. The molecule has 0 radical (unpaired) electrons. The molecular weight excluding hydrogens is 350 g/mol. The van der Waals surface area contributed by atoms with Crippen LogP contribution in [0.1, 0.15) is 12.5 Å². The van der Waals surface area contributed by atoms with Crippen LogP contribution in [-0.4, -0.2) is 26.6 Å². The maximum atomic E-state index is 13.5. The maximum Gasteiger partial charge on any atom is 0.247 e. The van der Waals surface area contributed by atoms with Crippen molar-refractivity contribution in [2.75, 3.05) is 15.9 Å². The molecule has 1 atom stereocenters. The minimum atomic E-state index is -3.91. The number of aryl methyl sites for hydroxylation is 1. The van der Waals surface area contributed by atoms with Crippen molar-refractivity contribution in [3.05, 3.63) is 59.7 Å². The number of hydrogen-bond acceptors (Lipinski definition) is 3. The minimum Gasteiger partial charge on any atom is -0.324 e. The van der Waals surface area contributed by atoms with E-state index in [-0.39, 0.29) is 5.69 Å². The molecule has 1 unspecified atom stereocenters. The lowest BCUT2D eigenvalue weighted by atomic mass is 10.2. The molecule has 0 aromatic heterocycles. The van der Waals surface area contributed by atoms with E-state index in [0.29, 0.717) is 5.69 Å². The first kappa shape index (κ1) is 18.9. The van der Waals surface area contributed by atoms with Crippen LogP contribution in [0.5, 0.6) is 0 Å². The van der Waals surface area contributed by atoms with E-state index in [1.807, 2.05) is 6.92 Å². The summed E-state index contributed by atoms with van der Waals surface area (Å²) in [7, 11) is -3.91. The van der Waals surface area contributed by atoms with Crippen LogP contribution in [0.2, 0.25) is 0 Å². The highest BCUT2D eigenvalue weighted by molar-refractivity contribution is 7.92. The first-order valence-electron chi connectivity index (χ1n) is 7.41. The Morgan fingerprint density at radius 2 is 1.68 bits per heavy atom. The largest absolute Gasteiger partial charge is 0.324 e. The molecule has 134 valence electrons. The van der Waals surface area contributed by atoms with Gasteiger partial charge in [0.1, 0.15) is 6.04 Å². The second-order valence-electron chi connectivity index (χ2n) is 5.69. The van der Waals surface area contributed by atoms with E-state index >= 15 is 0 Å². The second kappa shape index (κ2) is 7.18. The standard InChI is InChI=1S/C17H18F2N2O3S/c1-11-4-6-13(7-5-11)20-17(22)12(2)21(25(3,23)24)14-8-9-15(18)16(19)10-14/h4-10,12H,1-3H3,(H,20,22). The number of amides is 1. The summed E-state index contributed by atoms with van der Waals surface area (Å²) in [4.78, 5) is 12.4. The summed E-state index contributed by atoms with van der Waals surface area (Å²) in [5.74, 6) is -2.90. The summed E-state index contributed by atoms with van der Waals surface area (Å²) in [6, 6.07) is 8.45. The third kappa shape index (κ3) is 4.54. The molecule has 0 fully saturated rings. The van der Waals surface area contributed by atoms with Crippen LogP contribution in [0.15, 0.2) is 42.5 Å². The van der Waals surface area contributed by atoms with Gasteiger partial charge in [-0.3, -0.25) is 9.10 Å². The van der Waals surface area contributed by atoms with Crippen molar-refractivity contribution in [1.29, 1.82) is 0 Å². The van der Waals surface area contributed by atoms with Gasteiger partial charge in [0, 0.05) is 11.8 Å². The zero-order valence-electron chi connectivity index (χ0n) is 14.0. The fourth-order valence-electron chi connectivity index (χ4n) is 2.31. The lowest BCUT2D eigenvalue weighted by Gasteiger charge is -2.28. The fourth-order valence-corrected chi connectivity index (χ4v) is 3.48. The summed E-state index contributed by atoms with van der Waals surface area (Å²) < 4.78 is 51.5. The molecule has 8 heteroatoms. The quantitative estimate of drug-likeness (QED) is 0.882. The van der Waals surface area contributed by atoms with Crippen LogP contribution in [0.25, 0.3) is 0 Å². The topological polar surface area (TPSA) is 66.5 Å². The molecule has 0 aliphatic heterocycles. The molecule has 0 bridgehead atoms. The Kier molecular flexibility index (Phi) is 5.42. The van der Waals surface area contributed by atoms with E-state index < -0.39 is 33.6 Å². The molecule has 2 aromatic carbocycles. The highest BCUT2D eigenvalue weighted by Gasteiger charge is 2.29. The van der Waals surface area contributed by atoms with Crippen molar-refractivity contribution in [1.82, 2.24) is 0 Å². The molecule has 2 aromatic rings. The van der Waals surface area contributed by atoms with Crippen LogP contribution < -0.4 is 9.62 Å². The lowest BCUT2D eigenvalue weighted by molar-refractivity contribution is -0.116. The zero-order chi connectivity index (χ0) is 18.8. The van der Waals surface area contributed by atoms with Gasteiger partial charge < -0.3 is 5.32 Å². The molecule has 25 heavy (non-hydrogen) atoms. The van der Waals surface area contributed by atoms with Gasteiger partial charge in [-0.15, -0.1) is 0 Å². The van der Waals surface area contributed by atoms with Crippen LogP contribution in [-0.2, 0) is 14.8 Å². The average Bonchev–Trinajstić information content (AvgIpc) is 2.51. The van der Waals surface area contributed by atoms with Crippen molar-refractivity contribution in [3.63, 3.8) is 0 Å². The van der Waals surface area contributed by atoms with Crippen molar-refractivity contribution in [2.24, 2.45) is 0 Å². The average molecular weight is 368 g/mol. The summed E-state index contributed by atoms with van der Waals surface area (Å²) in [5, 5.41) is 2.60. The van der Waals surface area contributed by atoms with Gasteiger partial charge in [0.05, 0.1) is 11.9 Å². The van der Waals surface area contributed by atoms with Crippen LogP contribution in [0, 0.1) is 18.6 Å². The summed E-state index contributed by atoms with van der Waals surface area (Å²) in [6.45, 7) is 3.26. The molecule has 2 rings (SSSR count). The first-order chi connectivity index (χ1) is 11.6. The zero-order valence-corrected chi connectivity index (χ0v) is 14.8. The van der Waals surface area contributed by atoms with Gasteiger partial charge in [0.2, 0.25) is 15.9 Å². The van der Waals surface area contributed by atoms with E-state index in [1.54, 1.807) is 24.3 Å². The van der Waals surface area contributed by atoms with Crippen molar-refractivity contribution >= 4 is 27.3 Å². The highest BCUT2D eigenvalue weighted by Crippen LogP contribution is 2.23. The van der Waals surface area contributed by atoms with E-state index in [9.17, 15) is 22.0 Å². The Bertz CT molecular complexity index is 883. The number of nitrogens with one attached hydrogen (secondary N) is 1. The van der Waals surface area contributed by atoms with E-state index in [0.717, 1.165) is 34.3 Å². The molecule has 0 saturated carbocycles. The Morgan fingerprint density at radius 3 is 2.20 bits per heavy atom. The van der Waals surface area contributed by atoms with Gasteiger partial charge in [-0.05, 0) is 38.1 Å². The summed E-state index contributed by atoms with van der Waals surface area (Å²) in [5.41, 5.74) is 1.37. The third-order valence-corrected chi connectivity index (χ3v) is 4.81. The molecule has 0 saturated heterocycles. The van der Waals surface area contributed by atoms with Crippen LogP contribution in [0.4, 0.5) is 20.2 Å². The van der Waals surface area contributed by atoms with Crippen molar-refractivity contribution in [3.8, 4) is 0 Å². The molecule has 0 aliphatic carbocycles. The predicted molar refractivity (Wildman–Crippen MR) is 93.0 cm³/mol. The van der Waals surface area contributed by atoms with Gasteiger partial charge in [-0.25, -0.2) is 17.2 Å². The Labute approximate surface area is 145 Å². The number of rotatable bonds is 5. The van der Waals surface area contributed by atoms with Gasteiger partial charge in [0.15, 0.2) is 11.6 Å². The first-order valence-corrected chi connectivity index (χ1v) is 9.26. The number of carbonyl (C=O) groups is 1. The van der Waals surface area contributed by atoms with Gasteiger partial charge in [-0.2, -0.15) is 0 Å². The highest BCUT2D eigenvalue weighted by atomic mass is 32.2. The Hall–Kier alpha value is -2.48. The third-order valence-electron chi connectivity index (χ3n) is 3.57. The van der Waals surface area contributed by atoms with E-state index in [2.05, 4.69) is 5.32 Å². The fraction of sp³-hybridized carbons (Fsp3) is 0.235. The number of benzene rings is 2. The number of sulfonamides is 1. The lowest BCUT2D eigenvalue weighted by Crippen LogP contribution is -2.45. The van der Waals surface area contributed by atoms with Gasteiger partial charge >= 0.3 is 0 Å². The Balaban J connectivity index is 2.32. The summed E-state index contributed by atoms with van der Waals surface area (Å²) in [6.07, 6.45) is 0.893. The number of hydrogen-bond donors (Lipinski definition) is 1.